The number of aromatic nitrogens is 3. The highest BCUT2D eigenvalue weighted by Gasteiger charge is 2.50. The van der Waals surface area contributed by atoms with Gasteiger partial charge in [-0.3, -0.25) is 9.88 Å². The third-order valence-electron chi connectivity index (χ3n) is 11.7. The van der Waals surface area contributed by atoms with Gasteiger partial charge in [-0.2, -0.15) is 9.97 Å². The van der Waals surface area contributed by atoms with E-state index >= 15 is 4.39 Å². The summed E-state index contributed by atoms with van der Waals surface area (Å²) in [6.45, 7) is 3.96. The van der Waals surface area contributed by atoms with Crippen molar-refractivity contribution >= 4 is 27.5 Å². The Hall–Kier alpha value is -3.70. The van der Waals surface area contributed by atoms with Crippen molar-refractivity contribution in [1.29, 1.82) is 0 Å². The Morgan fingerprint density at radius 3 is 2.47 bits per heavy atom. The third kappa shape index (κ3) is 4.99. The van der Waals surface area contributed by atoms with Gasteiger partial charge in [0.1, 0.15) is 29.4 Å². The number of halogens is 3. The van der Waals surface area contributed by atoms with Gasteiger partial charge >= 0.3 is 6.01 Å². The number of nitrogens with one attached hydrogen (secondary N) is 1. The zero-order chi connectivity index (χ0) is 31.9. The number of phenolic OH excluding ortho intramolecular Hbond substituents is 1. The molecule has 3 aliphatic heterocycles. The summed E-state index contributed by atoms with van der Waals surface area (Å²) in [5.74, 6) is -1.96. The molecule has 5 fully saturated rings. The summed E-state index contributed by atoms with van der Waals surface area (Å²) >= 11 is 0. The highest BCUT2D eigenvalue weighted by Crippen LogP contribution is 2.45. The Morgan fingerprint density at radius 2 is 1.72 bits per heavy atom. The van der Waals surface area contributed by atoms with E-state index in [4.69, 9.17) is 14.7 Å². The van der Waals surface area contributed by atoms with Gasteiger partial charge in [0, 0.05) is 49.8 Å². The monoisotopic (exact) mass is 644 g/mol. The number of hydrogen-bond acceptors (Lipinski definition) is 8. The highest BCUT2D eigenvalue weighted by atomic mass is 19.3. The van der Waals surface area contributed by atoms with Gasteiger partial charge in [-0.05, 0) is 86.4 Å². The quantitative estimate of drug-likeness (QED) is 0.243. The normalized spacial score (nSPS) is 26.6. The van der Waals surface area contributed by atoms with Gasteiger partial charge in [-0.1, -0.05) is 24.3 Å². The molecule has 11 heteroatoms. The first-order valence-electron chi connectivity index (χ1n) is 17.1. The zero-order valence-corrected chi connectivity index (χ0v) is 26.3. The molecule has 2 N–H and O–H groups in total. The van der Waals surface area contributed by atoms with Crippen molar-refractivity contribution in [3.8, 4) is 23.0 Å². The minimum absolute atomic E-state index is 0.0254. The van der Waals surface area contributed by atoms with Crippen LogP contribution in [-0.4, -0.2) is 81.3 Å². The fraction of sp³-hybridized carbons (Fsp3) is 0.528. The summed E-state index contributed by atoms with van der Waals surface area (Å²) in [5, 5.41) is 16.1. The summed E-state index contributed by atoms with van der Waals surface area (Å²) in [6.07, 6.45) is 7.88. The Kier molecular flexibility index (Phi) is 6.84. The Morgan fingerprint density at radius 1 is 0.979 bits per heavy atom. The van der Waals surface area contributed by atoms with E-state index in [1.165, 1.54) is 0 Å². The van der Waals surface area contributed by atoms with E-state index in [1.54, 1.807) is 18.3 Å². The fourth-order valence-corrected chi connectivity index (χ4v) is 9.38. The number of rotatable bonds is 7. The molecule has 0 radical (unpaired) electrons. The second-order valence-electron chi connectivity index (χ2n) is 14.6. The van der Waals surface area contributed by atoms with E-state index in [-0.39, 0.29) is 65.3 Å². The first-order chi connectivity index (χ1) is 22.8. The molecule has 5 heterocycles. The van der Waals surface area contributed by atoms with Gasteiger partial charge in [0.2, 0.25) is 0 Å². The number of ether oxygens (including phenoxy) is 1. The number of aromatic hydroxyl groups is 1. The van der Waals surface area contributed by atoms with Gasteiger partial charge in [0.15, 0.2) is 5.82 Å². The van der Waals surface area contributed by atoms with Crippen LogP contribution in [0.15, 0.2) is 42.6 Å². The van der Waals surface area contributed by atoms with Crippen LogP contribution in [0.5, 0.6) is 11.8 Å². The van der Waals surface area contributed by atoms with E-state index in [9.17, 15) is 13.9 Å². The molecule has 0 amide bonds. The van der Waals surface area contributed by atoms with Crippen LogP contribution in [0.3, 0.4) is 0 Å². The first kappa shape index (κ1) is 29.4. The number of anilines is 1. The number of nitrogens with zero attached hydrogens (tertiary/aromatic N) is 5. The molecule has 8 nitrogen and oxygen atoms in total. The van der Waals surface area contributed by atoms with Crippen LogP contribution in [-0.2, 0) is 0 Å². The molecule has 4 aromatic rings. The van der Waals surface area contributed by atoms with Gasteiger partial charge in [0.05, 0.1) is 10.9 Å². The van der Waals surface area contributed by atoms with Crippen LogP contribution in [0.2, 0.25) is 0 Å². The Labute approximate surface area is 271 Å². The molecule has 246 valence electrons. The predicted octanol–water partition coefficient (Wildman–Crippen LogP) is 6.30. The van der Waals surface area contributed by atoms with Crippen molar-refractivity contribution in [2.24, 2.45) is 11.8 Å². The maximum Gasteiger partial charge on any atom is 0.319 e. The van der Waals surface area contributed by atoms with Gasteiger partial charge < -0.3 is 20.1 Å². The fourth-order valence-electron chi connectivity index (χ4n) is 9.38. The van der Waals surface area contributed by atoms with Crippen molar-refractivity contribution in [3.05, 3.63) is 48.4 Å². The smallest absolute Gasteiger partial charge is 0.319 e. The van der Waals surface area contributed by atoms with Crippen molar-refractivity contribution in [2.45, 2.75) is 74.9 Å². The molecule has 2 aromatic heterocycles. The average Bonchev–Trinajstić information content (AvgIpc) is 3.68. The minimum atomic E-state index is -2.55. The van der Waals surface area contributed by atoms with Crippen LogP contribution < -0.4 is 15.0 Å². The van der Waals surface area contributed by atoms with Crippen LogP contribution in [0.4, 0.5) is 19.0 Å². The van der Waals surface area contributed by atoms with Crippen LogP contribution in [0.1, 0.15) is 51.4 Å². The van der Waals surface area contributed by atoms with Crippen molar-refractivity contribution in [3.63, 3.8) is 0 Å². The van der Waals surface area contributed by atoms with Crippen LogP contribution in [0.25, 0.3) is 32.9 Å². The lowest BCUT2D eigenvalue weighted by atomic mass is 9.84. The summed E-state index contributed by atoms with van der Waals surface area (Å²) < 4.78 is 50.4. The van der Waals surface area contributed by atoms with E-state index < -0.39 is 11.7 Å². The molecular formula is C36H39F3N6O2. The lowest BCUT2D eigenvalue weighted by Crippen LogP contribution is -2.58. The molecular weight excluding hydrogens is 605 g/mol. The molecule has 5 aliphatic rings. The molecule has 9 rings (SSSR count). The van der Waals surface area contributed by atoms with E-state index in [0.29, 0.717) is 36.5 Å². The number of fused-ring (bicyclic) bond motifs is 5. The maximum absolute atomic E-state index is 16.8. The largest absolute Gasteiger partial charge is 0.508 e. The van der Waals surface area contributed by atoms with Crippen LogP contribution in [0, 0.1) is 17.7 Å². The topological polar surface area (TPSA) is 86.6 Å². The number of hydrogen-bond donors (Lipinski definition) is 2. The minimum Gasteiger partial charge on any atom is -0.508 e. The molecule has 2 saturated carbocycles. The second kappa shape index (κ2) is 10.9. The van der Waals surface area contributed by atoms with Gasteiger partial charge in [-0.25, -0.2) is 13.2 Å². The Bertz CT molecular complexity index is 1840. The lowest BCUT2D eigenvalue weighted by Gasteiger charge is -2.44. The number of alkyl halides is 2. The summed E-state index contributed by atoms with van der Waals surface area (Å²) in [6, 6.07) is 10.9. The van der Waals surface area contributed by atoms with Gasteiger partial charge in [-0.15, -0.1) is 0 Å². The lowest BCUT2D eigenvalue weighted by molar-refractivity contribution is -0.0967. The average molecular weight is 645 g/mol. The standard InChI is InChI=1S/C36H39F3N6O2/c37-29-31(27-14-25(46)13-21-5-1-2-6-26(21)27)40-17-28-32(29)42-34(47-20-35-9-3-11-45(35)12-4-10-35)43-33(28)44-18-22-7-8-23(19-44)30(22)41-24-15-36(38,39)16-24/h1-2,5-6,13-14,17,22-24,30,41,46H,3-4,7-12,15-16,18-20H2. The van der Waals surface area contributed by atoms with Crippen molar-refractivity contribution in [2.75, 3.05) is 37.7 Å². The summed E-state index contributed by atoms with van der Waals surface area (Å²) in [5.41, 5.74) is 0.707. The molecule has 3 saturated heterocycles. The van der Waals surface area contributed by atoms with Crippen molar-refractivity contribution < 1.29 is 23.0 Å². The maximum atomic E-state index is 16.8. The zero-order valence-electron chi connectivity index (χ0n) is 26.3. The molecule has 2 aliphatic carbocycles. The molecule has 47 heavy (non-hydrogen) atoms. The first-order valence-corrected chi connectivity index (χ1v) is 17.1. The number of phenols is 1. The van der Waals surface area contributed by atoms with Crippen molar-refractivity contribution in [1.82, 2.24) is 25.2 Å². The van der Waals surface area contributed by atoms with Crippen LogP contribution >= 0.6 is 0 Å². The predicted molar refractivity (Wildman–Crippen MR) is 173 cm³/mol. The number of piperidine rings is 1. The van der Waals surface area contributed by atoms with E-state index in [0.717, 1.165) is 62.4 Å². The van der Waals surface area contributed by atoms with E-state index in [1.807, 2.05) is 24.3 Å². The second-order valence-corrected chi connectivity index (χ2v) is 14.6. The number of pyridine rings is 1. The molecule has 2 bridgehead atoms. The molecule has 2 atom stereocenters. The SMILES string of the molecule is Oc1cc(-c2ncc3c(N4CC5CCC(C4)C5NC4CC(F)(F)C4)nc(OCC45CCCN4CCC5)nc3c2F)c2ccccc2c1. The van der Waals surface area contributed by atoms with E-state index in [2.05, 4.69) is 20.1 Å². The number of benzene rings is 2. The molecule has 0 spiro atoms. The Balaban J connectivity index is 1.09. The van der Waals surface area contributed by atoms with Gasteiger partial charge in [0.25, 0.3) is 5.92 Å². The molecule has 2 unspecified atom stereocenters. The summed E-state index contributed by atoms with van der Waals surface area (Å²) in [7, 11) is 0. The molecule has 2 aromatic carbocycles. The summed E-state index contributed by atoms with van der Waals surface area (Å²) in [4.78, 5) is 19.0. The highest BCUT2D eigenvalue weighted by molar-refractivity contribution is 5.99. The third-order valence-corrected chi connectivity index (χ3v) is 11.7.